The number of nitrogens with one attached hydrogen (secondary N) is 1. The number of aromatic nitrogens is 2. The van der Waals surface area contributed by atoms with Crippen molar-refractivity contribution in [1.82, 2.24) is 15.3 Å². The van der Waals surface area contributed by atoms with Crippen LogP contribution in [-0.4, -0.2) is 35.6 Å². The highest BCUT2D eigenvalue weighted by Gasteiger charge is 2.33. The van der Waals surface area contributed by atoms with Gasteiger partial charge in [-0.25, -0.2) is 9.97 Å². The van der Waals surface area contributed by atoms with Gasteiger partial charge in [0.2, 0.25) is 11.8 Å². The fraction of sp³-hybridized carbons (Fsp3) is 0.500. The van der Waals surface area contributed by atoms with Crippen LogP contribution in [0.15, 0.2) is 30.6 Å². The van der Waals surface area contributed by atoms with E-state index in [1.54, 1.807) is 12.3 Å². The summed E-state index contributed by atoms with van der Waals surface area (Å²) < 4.78 is 44.1. The van der Waals surface area contributed by atoms with Crippen molar-refractivity contribution in [2.75, 3.05) is 24.6 Å². The number of hydrogen-bond acceptors (Lipinski definition) is 5. The van der Waals surface area contributed by atoms with Crippen LogP contribution in [0.25, 0.3) is 0 Å². The average Bonchev–Trinajstić information content (AvgIpc) is 2.78. The number of amides is 1. The minimum absolute atomic E-state index is 0.0464. The number of unbranched alkanes of at least 4 members (excludes halogenated alkanes) is 1. The quantitative estimate of drug-likeness (QED) is 0.558. The zero-order valence-corrected chi connectivity index (χ0v) is 18.5. The van der Waals surface area contributed by atoms with Crippen molar-refractivity contribution < 1.29 is 22.7 Å². The highest BCUT2D eigenvalue weighted by Crippen LogP contribution is 2.34. The number of rotatable bonds is 8. The number of carbonyl (C=O) groups is 1. The number of nitrogens with zero attached hydrogens (tertiary/aromatic N) is 3. The summed E-state index contributed by atoms with van der Waals surface area (Å²) in [6.45, 7) is 3.94. The van der Waals surface area contributed by atoms with Gasteiger partial charge in [0.05, 0.1) is 17.2 Å². The van der Waals surface area contributed by atoms with E-state index >= 15 is 0 Å². The van der Waals surface area contributed by atoms with Gasteiger partial charge in [-0.1, -0.05) is 31.0 Å². The minimum atomic E-state index is -4.49. The fourth-order valence-corrected chi connectivity index (χ4v) is 3.79. The molecule has 174 valence electrons. The zero-order chi connectivity index (χ0) is 23.1. The third kappa shape index (κ3) is 6.25. The molecule has 2 aromatic heterocycles. The van der Waals surface area contributed by atoms with Crippen molar-refractivity contribution in [3.63, 3.8) is 0 Å². The number of alkyl halides is 3. The monoisotopic (exact) mass is 470 g/mol. The number of anilines is 1. The molecule has 3 rings (SSSR count). The smallest absolute Gasteiger partial charge is 0.417 e. The molecule has 0 aromatic carbocycles. The summed E-state index contributed by atoms with van der Waals surface area (Å²) in [6, 6.07) is 4.56. The van der Waals surface area contributed by atoms with Crippen LogP contribution >= 0.6 is 11.6 Å². The van der Waals surface area contributed by atoms with Crippen molar-refractivity contribution in [2.24, 2.45) is 5.92 Å². The Morgan fingerprint density at radius 3 is 2.72 bits per heavy atom. The molecular formula is C22H26ClF3N4O2. The van der Waals surface area contributed by atoms with E-state index in [1.807, 2.05) is 11.0 Å². The normalized spacial score (nSPS) is 15.0. The summed E-state index contributed by atoms with van der Waals surface area (Å²) in [5, 5.41) is 2.90. The molecular weight excluding hydrogens is 445 g/mol. The molecule has 32 heavy (non-hydrogen) atoms. The number of carbonyl (C=O) groups excluding carboxylic acids is 1. The first-order valence-corrected chi connectivity index (χ1v) is 11.0. The number of halogens is 4. The van der Waals surface area contributed by atoms with Gasteiger partial charge in [0.1, 0.15) is 5.82 Å². The summed E-state index contributed by atoms with van der Waals surface area (Å²) in [4.78, 5) is 22.6. The summed E-state index contributed by atoms with van der Waals surface area (Å²) in [5.41, 5.74) is -0.0657. The molecule has 1 aliphatic heterocycles. The SMILES string of the molecule is CCCCOc1ncccc1CNC(=O)C1CCN(c2ncc(C(F)(F)F)cc2Cl)CC1. The van der Waals surface area contributed by atoms with E-state index in [9.17, 15) is 18.0 Å². The first-order valence-electron chi connectivity index (χ1n) is 10.6. The topological polar surface area (TPSA) is 67.3 Å². The van der Waals surface area contributed by atoms with Gasteiger partial charge in [0.25, 0.3) is 0 Å². The Kier molecular flexibility index (Phi) is 8.17. The van der Waals surface area contributed by atoms with E-state index in [4.69, 9.17) is 16.3 Å². The first kappa shape index (κ1) is 24.1. The Hall–Kier alpha value is -2.55. The maximum atomic E-state index is 12.8. The minimum Gasteiger partial charge on any atom is -0.477 e. The van der Waals surface area contributed by atoms with Gasteiger partial charge in [-0.2, -0.15) is 13.2 Å². The van der Waals surface area contributed by atoms with E-state index in [0.29, 0.717) is 50.8 Å². The van der Waals surface area contributed by atoms with Crippen LogP contribution in [0.3, 0.4) is 0 Å². The molecule has 0 aliphatic carbocycles. The molecule has 1 N–H and O–H groups in total. The molecule has 0 spiro atoms. The van der Waals surface area contributed by atoms with E-state index in [2.05, 4.69) is 22.2 Å². The summed E-state index contributed by atoms with van der Waals surface area (Å²) in [6.07, 6.45) is 1.01. The van der Waals surface area contributed by atoms with Crippen LogP contribution in [0.5, 0.6) is 5.88 Å². The van der Waals surface area contributed by atoms with Crippen molar-refractivity contribution in [1.29, 1.82) is 0 Å². The predicted molar refractivity (Wildman–Crippen MR) is 116 cm³/mol. The van der Waals surface area contributed by atoms with Crippen LogP contribution in [0.4, 0.5) is 19.0 Å². The largest absolute Gasteiger partial charge is 0.477 e. The predicted octanol–water partition coefficient (Wildman–Crippen LogP) is 4.86. The lowest BCUT2D eigenvalue weighted by atomic mass is 9.95. The lowest BCUT2D eigenvalue weighted by Crippen LogP contribution is -2.40. The second-order valence-corrected chi connectivity index (χ2v) is 8.08. The highest BCUT2D eigenvalue weighted by atomic mass is 35.5. The van der Waals surface area contributed by atoms with E-state index in [1.165, 1.54) is 0 Å². The first-order chi connectivity index (χ1) is 15.3. The van der Waals surface area contributed by atoms with Crippen molar-refractivity contribution >= 4 is 23.3 Å². The van der Waals surface area contributed by atoms with Crippen LogP contribution in [-0.2, 0) is 17.5 Å². The van der Waals surface area contributed by atoms with Crippen molar-refractivity contribution in [3.05, 3.63) is 46.7 Å². The van der Waals surface area contributed by atoms with Gasteiger partial charge in [-0.3, -0.25) is 4.79 Å². The Bertz CT molecular complexity index is 918. The lowest BCUT2D eigenvalue weighted by Gasteiger charge is -2.32. The van der Waals surface area contributed by atoms with Gasteiger partial charge in [-0.05, 0) is 31.4 Å². The van der Waals surface area contributed by atoms with Gasteiger partial charge < -0.3 is 15.0 Å². The third-order valence-electron chi connectivity index (χ3n) is 5.35. The van der Waals surface area contributed by atoms with Gasteiger partial charge in [0, 0.05) is 43.5 Å². The molecule has 1 fully saturated rings. The maximum Gasteiger partial charge on any atom is 0.417 e. The van der Waals surface area contributed by atoms with Crippen LogP contribution < -0.4 is 15.0 Å². The number of hydrogen-bond donors (Lipinski definition) is 1. The highest BCUT2D eigenvalue weighted by molar-refractivity contribution is 6.33. The van der Waals surface area contributed by atoms with Crippen LogP contribution in [0.1, 0.15) is 43.7 Å². The van der Waals surface area contributed by atoms with E-state index in [-0.39, 0.29) is 16.8 Å². The molecule has 1 aliphatic rings. The molecule has 3 heterocycles. The maximum absolute atomic E-state index is 12.8. The standard InChI is InChI=1S/C22H26ClF3N4O2/c1-2-3-11-32-21-16(5-4-8-27-21)13-29-20(31)15-6-9-30(10-7-15)19-18(23)12-17(14-28-19)22(24,25)26/h4-5,8,12,14-15H,2-3,6-7,9-11,13H2,1H3,(H,29,31). The Morgan fingerprint density at radius 2 is 2.06 bits per heavy atom. The molecule has 1 saturated heterocycles. The Morgan fingerprint density at radius 1 is 1.31 bits per heavy atom. The van der Waals surface area contributed by atoms with E-state index in [0.717, 1.165) is 30.7 Å². The van der Waals surface area contributed by atoms with E-state index < -0.39 is 11.7 Å². The number of piperidine rings is 1. The number of pyridine rings is 2. The van der Waals surface area contributed by atoms with Crippen molar-refractivity contribution in [2.45, 2.75) is 45.3 Å². The van der Waals surface area contributed by atoms with Gasteiger partial charge in [0.15, 0.2) is 0 Å². The molecule has 0 radical (unpaired) electrons. The molecule has 0 unspecified atom stereocenters. The third-order valence-corrected chi connectivity index (χ3v) is 5.63. The zero-order valence-electron chi connectivity index (χ0n) is 17.8. The summed E-state index contributed by atoms with van der Waals surface area (Å²) in [5.74, 6) is 0.571. The molecule has 0 saturated carbocycles. The molecule has 0 bridgehead atoms. The number of ether oxygens (including phenoxy) is 1. The van der Waals surface area contributed by atoms with Crippen LogP contribution in [0, 0.1) is 5.92 Å². The molecule has 1 amide bonds. The molecule has 2 aromatic rings. The van der Waals surface area contributed by atoms with Gasteiger partial charge in [-0.15, -0.1) is 0 Å². The van der Waals surface area contributed by atoms with Crippen LogP contribution in [0.2, 0.25) is 5.02 Å². The average molecular weight is 471 g/mol. The second-order valence-electron chi connectivity index (χ2n) is 7.68. The second kappa shape index (κ2) is 10.8. The summed E-state index contributed by atoms with van der Waals surface area (Å²) >= 11 is 6.04. The molecule has 0 atom stereocenters. The van der Waals surface area contributed by atoms with Crippen molar-refractivity contribution in [3.8, 4) is 5.88 Å². The Balaban J connectivity index is 1.52. The fourth-order valence-electron chi connectivity index (χ4n) is 3.50. The summed E-state index contributed by atoms with van der Waals surface area (Å²) in [7, 11) is 0. The Labute approximate surface area is 190 Å². The molecule has 10 heteroatoms. The molecule has 6 nitrogen and oxygen atoms in total. The lowest BCUT2D eigenvalue weighted by molar-refractivity contribution is -0.137. The van der Waals surface area contributed by atoms with Gasteiger partial charge >= 0.3 is 6.18 Å².